The lowest BCUT2D eigenvalue weighted by Gasteiger charge is -2.32. The third-order valence-corrected chi connectivity index (χ3v) is 4.27. The molecule has 1 aromatic carbocycles. The molecule has 21 heavy (non-hydrogen) atoms. The summed E-state index contributed by atoms with van der Waals surface area (Å²) in [7, 11) is 1.68. The van der Waals surface area contributed by atoms with Crippen molar-refractivity contribution in [2.75, 3.05) is 30.9 Å². The molecule has 1 saturated carbocycles. The van der Waals surface area contributed by atoms with E-state index in [1.54, 1.807) is 13.2 Å². The fourth-order valence-electron chi connectivity index (χ4n) is 2.71. The van der Waals surface area contributed by atoms with E-state index >= 15 is 0 Å². The second kappa shape index (κ2) is 6.35. The van der Waals surface area contributed by atoms with Crippen LogP contribution in [-0.4, -0.2) is 37.4 Å². The molecule has 5 nitrogen and oxygen atoms in total. The number of anilines is 2. The van der Waals surface area contributed by atoms with E-state index in [-0.39, 0.29) is 5.56 Å². The first-order chi connectivity index (χ1) is 9.95. The van der Waals surface area contributed by atoms with Gasteiger partial charge in [-0.15, -0.1) is 0 Å². The molecule has 1 aliphatic carbocycles. The van der Waals surface area contributed by atoms with Crippen LogP contribution in [0, 0.1) is 12.8 Å². The average Bonchev–Trinajstić information content (AvgIpc) is 3.26. The van der Waals surface area contributed by atoms with Crippen molar-refractivity contribution in [2.45, 2.75) is 32.7 Å². The van der Waals surface area contributed by atoms with Crippen molar-refractivity contribution in [2.24, 2.45) is 5.92 Å². The fraction of sp³-hybridized carbons (Fsp3) is 0.562. The Hall–Kier alpha value is -1.75. The molecule has 5 heteroatoms. The van der Waals surface area contributed by atoms with Crippen LogP contribution in [0.2, 0.25) is 0 Å². The lowest BCUT2D eigenvalue weighted by molar-refractivity contribution is 0.0698. The van der Waals surface area contributed by atoms with Gasteiger partial charge >= 0.3 is 5.97 Å². The van der Waals surface area contributed by atoms with Gasteiger partial charge in [0.2, 0.25) is 0 Å². The number of nitrogens with zero attached hydrogens (tertiary/aromatic N) is 1. The number of ether oxygens (including phenoxy) is 1. The molecule has 2 rings (SSSR count). The summed E-state index contributed by atoms with van der Waals surface area (Å²) in [5.74, 6) is -0.295. The van der Waals surface area contributed by atoms with Crippen LogP contribution in [0.4, 0.5) is 11.4 Å². The molecule has 1 aromatic rings. The maximum absolute atomic E-state index is 11.4. The molecule has 116 valence electrons. The predicted molar refractivity (Wildman–Crippen MR) is 84.0 cm³/mol. The summed E-state index contributed by atoms with van der Waals surface area (Å²) in [5, 5.41) is 9.31. The topological polar surface area (TPSA) is 75.8 Å². The van der Waals surface area contributed by atoms with Crippen LogP contribution in [0.25, 0.3) is 0 Å². The Morgan fingerprint density at radius 3 is 2.71 bits per heavy atom. The van der Waals surface area contributed by atoms with E-state index in [1.807, 2.05) is 13.0 Å². The Labute approximate surface area is 125 Å². The van der Waals surface area contributed by atoms with Gasteiger partial charge in [0.05, 0.1) is 12.2 Å². The standard InChI is InChI=1S/C16H24N2O3/c1-10-8-13(9-14(15(10)17)16(19)20)18(6-7-21-3)11(2)12-4-5-12/h8-9,11-12H,4-7,17H2,1-3H3,(H,19,20). The number of benzene rings is 1. The SMILES string of the molecule is COCCN(c1cc(C)c(N)c(C(=O)O)c1)C(C)C1CC1. The van der Waals surface area contributed by atoms with E-state index in [0.717, 1.165) is 17.8 Å². The number of carbonyl (C=O) groups is 1. The average molecular weight is 292 g/mol. The summed E-state index contributed by atoms with van der Waals surface area (Å²) in [4.78, 5) is 13.6. The van der Waals surface area contributed by atoms with Crippen molar-refractivity contribution in [3.63, 3.8) is 0 Å². The minimum absolute atomic E-state index is 0.176. The second-order valence-electron chi connectivity index (χ2n) is 5.79. The lowest BCUT2D eigenvalue weighted by atomic mass is 10.0. The molecule has 0 spiro atoms. The van der Waals surface area contributed by atoms with Crippen LogP contribution in [-0.2, 0) is 4.74 Å². The summed E-state index contributed by atoms with van der Waals surface area (Å²) < 4.78 is 5.19. The van der Waals surface area contributed by atoms with E-state index in [2.05, 4.69) is 11.8 Å². The normalized spacial score (nSPS) is 15.8. The van der Waals surface area contributed by atoms with Crippen molar-refractivity contribution in [3.05, 3.63) is 23.3 Å². The van der Waals surface area contributed by atoms with Crippen LogP contribution in [0.15, 0.2) is 12.1 Å². The highest BCUT2D eigenvalue weighted by molar-refractivity contribution is 5.95. The van der Waals surface area contributed by atoms with Crippen molar-refractivity contribution >= 4 is 17.3 Å². The molecule has 0 saturated heterocycles. The van der Waals surface area contributed by atoms with Crippen LogP contribution in [0.5, 0.6) is 0 Å². The highest BCUT2D eigenvalue weighted by atomic mass is 16.5. The first-order valence-corrected chi connectivity index (χ1v) is 7.34. The van der Waals surface area contributed by atoms with Crippen LogP contribution in [0.3, 0.4) is 0 Å². The zero-order chi connectivity index (χ0) is 15.6. The van der Waals surface area contributed by atoms with Crippen LogP contribution >= 0.6 is 0 Å². The molecule has 0 aliphatic heterocycles. The summed E-state index contributed by atoms with van der Waals surface area (Å²) in [5.41, 5.74) is 8.11. The van der Waals surface area contributed by atoms with Crippen molar-refractivity contribution in [1.29, 1.82) is 0 Å². The first-order valence-electron chi connectivity index (χ1n) is 7.34. The summed E-state index contributed by atoms with van der Waals surface area (Å²) in [6, 6.07) is 4.03. The quantitative estimate of drug-likeness (QED) is 0.755. The van der Waals surface area contributed by atoms with Gasteiger partial charge in [-0.3, -0.25) is 0 Å². The Bertz CT molecular complexity index is 526. The van der Waals surface area contributed by atoms with E-state index in [0.29, 0.717) is 24.3 Å². The first kappa shape index (κ1) is 15.6. The number of carboxylic acids is 1. The number of carboxylic acid groups (broad SMARTS) is 1. The highest BCUT2D eigenvalue weighted by Gasteiger charge is 2.32. The molecular weight excluding hydrogens is 268 g/mol. The number of rotatable bonds is 7. The number of hydrogen-bond acceptors (Lipinski definition) is 4. The van der Waals surface area contributed by atoms with Crippen molar-refractivity contribution < 1.29 is 14.6 Å². The van der Waals surface area contributed by atoms with Gasteiger partial charge in [0.25, 0.3) is 0 Å². The van der Waals surface area contributed by atoms with E-state index < -0.39 is 5.97 Å². The largest absolute Gasteiger partial charge is 0.478 e. The molecule has 1 atom stereocenters. The predicted octanol–water partition coefficient (Wildman–Crippen LogP) is 2.53. The number of nitrogen functional groups attached to an aromatic ring is 1. The zero-order valence-electron chi connectivity index (χ0n) is 12.9. The summed E-state index contributed by atoms with van der Waals surface area (Å²) in [6.45, 7) is 5.40. The molecule has 1 unspecified atom stereocenters. The maximum Gasteiger partial charge on any atom is 0.337 e. The van der Waals surface area contributed by atoms with Gasteiger partial charge in [-0.05, 0) is 50.3 Å². The minimum atomic E-state index is -0.983. The van der Waals surface area contributed by atoms with E-state index in [1.165, 1.54) is 12.8 Å². The van der Waals surface area contributed by atoms with Gasteiger partial charge in [-0.1, -0.05) is 0 Å². The van der Waals surface area contributed by atoms with Crippen LogP contribution in [0.1, 0.15) is 35.7 Å². The summed E-state index contributed by atoms with van der Waals surface area (Å²) in [6.07, 6.45) is 2.48. The zero-order valence-corrected chi connectivity index (χ0v) is 12.9. The minimum Gasteiger partial charge on any atom is -0.478 e. The van der Waals surface area contributed by atoms with E-state index in [4.69, 9.17) is 10.5 Å². The monoisotopic (exact) mass is 292 g/mol. The van der Waals surface area contributed by atoms with Crippen LogP contribution < -0.4 is 10.6 Å². The number of nitrogens with two attached hydrogens (primary N) is 1. The number of hydrogen-bond donors (Lipinski definition) is 2. The molecule has 1 fully saturated rings. The van der Waals surface area contributed by atoms with Gasteiger partial charge in [-0.25, -0.2) is 4.79 Å². The van der Waals surface area contributed by atoms with Gasteiger partial charge in [0.15, 0.2) is 0 Å². The Morgan fingerprint density at radius 1 is 1.52 bits per heavy atom. The molecule has 0 amide bonds. The summed E-state index contributed by atoms with van der Waals surface area (Å²) >= 11 is 0. The number of methoxy groups -OCH3 is 1. The van der Waals surface area contributed by atoms with Gasteiger partial charge < -0.3 is 20.5 Å². The number of aromatic carboxylic acids is 1. The molecule has 3 N–H and O–H groups in total. The lowest BCUT2D eigenvalue weighted by Crippen LogP contribution is -2.37. The Morgan fingerprint density at radius 2 is 2.19 bits per heavy atom. The molecule has 1 aliphatic rings. The molecule has 0 aromatic heterocycles. The molecule has 0 heterocycles. The maximum atomic E-state index is 11.4. The third-order valence-electron chi connectivity index (χ3n) is 4.27. The number of aryl methyl sites for hydroxylation is 1. The van der Waals surface area contributed by atoms with Gasteiger partial charge in [-0.2, -0.15) is 0 Å². The van der Waals surface area contributed by atoms with Crippen molar-refractivity contribution in [1.82, 2.24) is 0 Å². The Balaban J connectivity index is 2.36. The second-order valence-corrected chi connectivity index (χ2v) is 5.79. The molecule has 0 bridgehead atoms. The third kappa shape index (κ3) is 3.47. The smallest absolute Gasteiger partial charge is 0.337 e. The highest BCUT2D eigenvalue weighted by Crippen LogP contribution is 2.37. The molecular formula is C16H24N2O3. The van der Waals surface area contributed by atoms with Crippen molar-refractivity contribution in [3.8, 4) is 0 Å². The van der Waals surface area contributed by atoms with E-state index in [9.17, 15) is 9.90 Å². The Kier molecular flexibility index (Phi) is 4.73. The fourth-order valence-corrected chi connectivity index (χ4v) is 2.71. The molecule has 0 radical (unpaired) electrons. The van der Waals surface area contributed by atoms with Gasteiger partial charge in [0, 0.05) is 31.1 Å². The van der Waals surface area contributed by atoms with Gasteiger partial charge in [0.1, 0.15) is 0 Å².